The van der Waals surface area contributed by atoms with E-state index in [-0.39, 0.29) is 11.3 Å². The third kappa shape index (κ3) is 9.26. The summed E-state index contributed by atoms with van der Waals surface area (Å²) in [5.41, 5.74) is 3.51. The standard InChI is InChI=1S/C26H32N2OS/c1-5-28(16-8-6-7-15-26(2,3)4)17-10-13-25(29)27-20-22-11-9-12-23(19-22)24-14-18-30-21-24/h6,8-14,18-19,21H,5,16-17,20H2,1-4H3,(H,27,29)/b8-6+,13-10+. The average molecular weight is 421 g/mol. The third-order valence-electron chi connectivity index (χ3n) is 4.34. The molecule has 0 aliphatic carbocycles. The predicted molar refractivity (Wildman–Crippen MR) is 129 cm³/mol. The van der Waals surface area contributed by atoms with Crippen LogP contribution in [0, 0.1) is 17.3 Å². The monoisotopic (exact) mass is 420 g/mol. The molecule has 0 fully saturated rings. The fourth-order valence-corrected chi connectivity index (χ4v) is 3.36. The van der Waals surface area contributed by atoms with E-state index in [9.17, 15) is 4.79 Å². The highest BCUT2D eigenvalue weighted by molar-refractivity contribution is 7.08. The van der Waals surface area contributed by atoms with Gasteiger partial charge in [0.25, 0.3) is 0 Å². The van der Waals surface area contributed by atoms with Gasteiger partial charge in [-0.15, -0.1) is 0 Å². The number of amides is 1. The molecule has 0 unspecified atom stereocenters. The van der Waals surface area contributed by atoms with Gasteiger partial charge < -0.3 is 5.32 Å². The summed E-state index contributed by atoms with van der Waals surface area (Å²) in [6.45, 7) is 11.4. The van der Waals surface area contributed by atoms with Crippen LogP contribution in [0.1, 0.15) is 33.3 Å². The Balaban J connectivity index is 1.76. The molecule has 158 valence electrons. The van der Waals surface area contributed by atoms with E-state index < -0.39 is 0 Å². The van der Waals surface area contributed by atoms with E-state index >= 15 is 0 Å². The number of likely N-dealkylation sites (N-methyl/N-ethyl adjacent to an activating group) is 1. The van der Waals surface area contributed by atoms with Crippen molar-refractivity contribution in [3.8, 4) is 23.0 Å². The van der Waals surface area contributed by atoms with Gasteiger partial charge in [-0.3, -0.25) is 9.69 Å². The molecule has 0 bridgehead atoms. The van der Waals surface area contributed by atoms with Crippen molar-refractivity contribution in [2.24, 2.45) is 5.41 Å². The van der Waals surface area contributed by atoms with Crippen molar-refractivity contribution < 1.29 is 4.79 Å². The van der Waals surface area contributed by atoms with Crippen molar-refractivity contribution in [1.29, 1.82) is 0 Å². The molecule has 2 aromatic rings. The van der Waals surface area contributed by atoms with Crippen LogP contribution in [0.25, 0.3) is 11.1 Å². The molecule has 1 N–H and O–H groups in total. The molecule has 2 rings (SSSR count). The van der Waals surface area contributed by atoms with Gasteiger partial charge >= 0.3 is 0 Å². The SMILES string of the molecule is CCN(C/C=C/C#CC(C)(C)C)C/C=C/C(=O)NCc1cccc(-c2ccsc2)c1. The molecule has 0 spiro atoms. The maximum Gasteiger partial charge on any atom is 0.243 e. The summed E-state index contributed by atoms with van der Waals surface area (Å²) >= 11 is 1.69. The summed E-state index contributed by atoms with van der Waals surface area (Å²) in [6.07, 6.45) is 7.51. The zero-order valence-corrected chi connectivity index (χ0v) is 19.3. The molecule has 30 heavy (non-hydrogen) atoms. The molecule has 0 aliphatic rings. The Morgan fingerprint density at radius 1 is 1.17 bits per heavy atom. The van der Waals surface area contributed by atoms with Crippen LogP contribution in [0.2, 0.25) is 0 Å². The maximum absolute atomic E-state index is 12.1. The minimum atomic E-state index is -0.0708. The quantitative estimate of drug-likeness (QED) is 0.428. The van der Waals surface area contributed by atoms with E-state index in [0.29, 0.717) is 6.54 Å². The fourth-order valence-electron chi connectivity index (χ4n) is 2.70. The van der Waals surface area contributed by atoms with E-state index in [2.05, 4.69) is 84.8 Å². The molecule has 0 aliphatic heterocycles. The Morgan fingerprint density at radius 3 is 2.67 bits per heavy atom. The summed E-state index contributed by atoms with van der Waals surface area (Å²) in [5.74, 6) is 6.20. The summed E-state index contributed by atoms with van der Waals surface area (Å²) in [4.78, 5) is 14.4. The van der Waals surface area contributed by atoms with Gasteiger partial charge in [-0.25, -0.2) is 0 Å². The number of allylic oxidation sites excluding steroid dienone is 1. The highest BCUT2D eigenvalue weighted by Crippen LogP contribution is 2.22. The first kappa shape index (κ1) is 23.7. The molecule has 3 nitrogen and oxygen atoms in total. The number of nitrogens with one attached hydrogen (secondary N) is 1. The second-order valence-electron chi connectivity index (χ2n) is 8.11. The van der Waals surface area contributed by atoms with Crippen LogP contribution in [0.4, 0.5) is 0 Å². The van der Waals surface area contributed by atoms with Crippen LogP contribution in [-0.4, -0.2) is 30.4 Å². The minimum Gasteiger partial charge on any atom is -0.348 e. The number of carbonyl (C=O) groups is 1. The molecular weight excluding hydrogens is 388 g/mol. The van der Waals surface area contributed by atoms with Crippen molar-refractivity contribution in [3.63, 3.8) is 0 Å². The first-order valence-electron chi connectivity index (χ1n) is 10.3. The van der Waals surface area contributed by atoms with Gasteiger partial charge in [-0.1, -0.05) is 49.1 Å². The zero-order chi connectivity index (χ0) is 21.8. The van der Waals surface area contributed by atoms with E-state index in [1.54, 1.807) is 17.4 Å². The van der Waals surface area contributed by atoms with Gasteiger partial charge in [-0.2, -0.15) is 11.3 Å². The number of rotatable bonds is 9. The average Bonchev–Trinajstić information content (AvgIpc) is 3.25. The maximum atomic E-state index is 12.1. The van der Waals surface area contributed by atoms with E-state index in [1.807, 2.05) is 24.3 Å². The predicted octanol–water partition coefficient (Wildman–Crippen LogP) is 5.52. The number of carbonyl (C=O) groups excluding carboxylic acids is 1. The molecule has 0 saturated carbocycles. The van der Waals surface area contributed by atoms with Crippen LogP contribution in [0.3, 0.4) is 0 Å². The largest absolute Gasteiger partial charge is 0.348 e. The number of nitrogens with zero attached hydrogens (tertiary/aromatic N) is 1. The fraction of sp³-hybridized carbons (Fsp3) is 0.346. The number of hydrogen-bond donors (Lipinski definition) is 1. The van der Waals surface area contributed by atoms with Gasteiger partial charge in [0.15, 0.2) is 0 Å². The van der Waals surface area contributed by atoms with Crippen molar-refractivity contribution in [3.05, 3.63) is 71.0 Å². The van der Waals surface area contributed by atoms with Crippen LogP contribution >= 0.6 is 11.3 Å². The Bertz CT molecular complexity index is 908. The zero-order valence-electron chi connectivity index (χ0n) is 18.4. The van der Waals surface area contributed by atoms with E-state index in [4.69, 9.17) is 0 Å². The third-order valence-corrected chi connectivity index (χ3v) is 5.02. The lowest BCUT2D eigenvalue weighted by Gasteiger charge is -2.15. The van der Waals surface area contributed by atoms with Crippen molar-refractivity contribution in [1.82, 2.24) is 10.2 Å². The molecule has 1 heterocycles. The van der Waals surface area contributed by atoms with Crippen LogP contribution in [0.15, 0.2) is 65.4 Å². The molecule has 0 saturated heterocycles. The summed E-state index contributed by atoms with van der Waals surface area (Å²) in [7, 11) is 0. The van der Waals surface area contributed by atoms with Crippen LogP contribution < -0.4 is 5.32 Å². The van der Waals surface area contributed by atoms with E-state index in [0.717, 1.165) is 25.2 Å². The molecule has 1 aromatic carbocycles. The summed E-state index contributed by atoms with van der Waals surface area (Å²) in [5, 5.41) is 7.17. The lowest BCUT2D eigenvalue weighted by atomic mass is 9.98. The first-order valence-corrected chi connectivity index (χ1v) is 11.3. The van der Waals surface area contributed by atoms with Crippen LogP contribution in [-0.2, 0) is 11.3 Å². The van der Waals surface area contributed by atoms with E-state index in [1.165, 1.54) is 11.1 Å². The topological polar surface area (TPSA) is 32.3 Å². The molecular formula is C26H32N2OS. The first-order chi connectivity index (χ1) is 14.4. The Labute approximate surface area is 185 Å². The van der Waals surface area contributed by atoms with Gasteiger partial charge in [0, 0.05) is 31.1 Å². The smallest absolute Gasteiger partial charge is 0.243 e. The normalized spacial score (nSPS) is 11.8. The lowest BCUT2D eigenvalue weighted by Crippen LogP contribution is -2.24. The van der Waals surface area contributed by atoms with Crippen molar-refractivity contribution in [2.75, 3.05) is 19.6 Å². The molecule has 1 amide bonds. The second kappa shape index (κ2) is 12.2. The van der Waals surface area contributed by atoms with Gasteiger partial charge in [0.1, 0.15) is 0 Å². The highest BCUT2D eigenvalue weighted by atomic mass is 32.1. The molecule has 1 aromatic heterocycles. The number of benzene rings is 1. The highest BCUT2D eigenvalue weighted by Gasteiger charge is 2.03. The van der Waals surface area contributed by atoms with Crippen molar-refractivity contribution in [2.45, 2.75) is 34.2 Å². The summed E-state index contributed by atoms with van der Waals surface area (Å²) in [6, 6.07) is 10.4. The van der Waals surface area contributed by atoms with Gasteiger partial charge in [0.05, 0.1) is 0 Å². The number of hydrogen-bond acceptors (Lipinski definition) is 3. The number of thiophene rings is 1. The van der Waals surface area contributed by atoms with Crippen molar-refractivity contribution >= 4 is 17.2 Å². The van der Waals surface area contributed by atoms with Gasteiger partial charge in [-0.05, 0) is 73.0 Å². The minimum absolute atomic E-state index is 0.0239. The van der Waals surface area contributed by atoms with Gasteiger partial charge in [0.2, 0.25) is 5.91 Å². The second-order valence-corrected chi connectivity index (χ2v) is 8.89. The Kier molecular flexibility index (Phi) is 9.60. The summed E-state index contributed by atoms with van der Waals surface area (Å²) < 4.78 is 0. The lowest BCUT2D eigenvalue weighted by molar-refractivity contribution is -0.116. The molecule has 0 atom stereocenters. The van der Waals surface area contributed by atoms with Crippen LogP contribution in [0.5, 0.6) is 0 Å². The molecule has 4 heteroatoms. The molecule has 0 radical (unpaired) electrons. The Hall–Kier alpha value is -2.61. The Morgan fingerprint density at radius 2 is 1.97 bits per heavy atom.